The summed E-state index contributed by atoms with van der Waals surface area (Å²) in [6.45, 7) is 3.80. The van der Waals surface area contributed by atoms with Crippen molar-refractivity contribution < 1.29 is 14.7 Å². The molecule has 6 heteroatoms. The molecule has 1 fully saturated rings. The molecule has 0 bridgehead atoms. The van der Waals surface area contributed by atoms with Gasteiger partial charge in [0.1, 0.15) is 5.54 Å². The van der Waals surface area contributed by atoms with Gasteiger partial charge in [-0.2, -0.15) is 0 Å². The second kappa shape index (κ2) is 6.05. The number of hydrogen-bond acceptors (Lipinski definition) is 2. The molecule has 2 amide bonds. The van der Waals surface area contributed by atoms with Crippen LogP contribution >= 0.6 is 15.9 Å². The Morgan fingerprint density at radius 1 is 1.19 bits per heavy atom. The molecule has 5 nitrogen and oxygen atoms in total. The number of carbonyl (C=O) groups excluding carboxylic acids is 1. The van der Waals surface area contributed by atoms with Crippen molar-refractivity contribution in [2.75, 3.05) is 5.32 Å². The average Bonchev–Trinajstić information content (AvgIpc) is 2.83. The topological polar surface area (TPSA) is 78.4 Å². The highest BCUT2D eigenvalue weighted by Gasteiger charge is 2.42. The third-order valence-electron chi connectivity index (χ3n) is 3.96. The fraction of sp³-hybridized carbons (Fsp3) is 0.467. The molecule has 0 saturated heterocycles. The summed E-state index contributed by atoms with van der Waals surface area (Å²) < 4.78 is 0.946. The molecule has 0 radical (unpaired) electrons. The maximum Gasteiger partial charge on any atom is 0.329 e. The fourth-order valence-corrected chi connectivity index (χ4v) is 3.53. The Bertz CT molecular complexity index is 557. The number of benzene rings is 1. The molecule has 1 aromatic rings. The monoisotopic (exact) mass is 354 g/mol. The van der Waals surface area contributed by atoms with Crippen molar-refractivity contribution in [2.45, 2.75) is 45.1 Å². The minimum absolute atomic E-state index is 0.465. The summed E-state index contributed by atoms with van der Waals surface area (Å²) in [6.07, 6.45) is 2.61. The molecule has 2 rings (SSSR count). The summed E-state index contributed by atoms with van der Waals surface area (Å²) in [5.41, 5.74) is 1.44. The molecule has 21 heavy (non-hydrogen) atoms. The minimum Gasteiger partial charge on any atom is -0.480 e. The molecule has 0 aromatic heterocycles. The van der Waals surface area contributed by atoms with Crippen LogP contribution in [0.15, 0.2) is 16.6 Å². The predicted octanol–water partition coefficient (Wildman–Crippen LogP) is 3.58. The van der Waals surface area contributed by atoms with Gasteiger partial charge in [-0.1, -0.05) is 28.8 Å². The van der Waals surface area contributed by atoms with Gasteiger partial charge in [0.2, 0.25) is 0 Å². The number of halogens is 1. The van der Waals surface area contributed by atoms with Gasteiger partial charge in [-0.15, -0.1) is 0 Å². The van der Waals surface area contributed by atoms with Crippen molar-refractivity contribution in [1.82, 2.24) is 5.32 Å². The van der Waals surface area contributed by atoms with Crippen LogP contribution < -0.4 is 10.6 Å². The Morgan fingerprint density at radius 3 is 2.19 bits per heavy atom. The van der Waals surface area contributed by atoms with Gasteiger partial charge in [-0.25, -0.2) is 9.59 Å². The first-order valence-electron chi connectivity index (χ1n) is 6.93. The Labute approximate surface area is 132 Å². The number of aryl methyl sites for hydroxylation is 2. The third kappa shape index (κ3) is 3.37. The predicted molar refractivity (Wildman–Crippen MR) is 84.6 cm³/mol. The Kier molecular flexibility index (Phi) is 4.56. The number of urea groups is 1. The second-order valence-electron chi connectivity index (χ2n) is 5.59. The van der Waals surface area contributed by atoms with E-state index in [9.17, 15) is 14.7 Å². The van der Waals surface area contributed by atoms with Crippen LogP contribution in [0.25, 0.3) is 0 Å². The van der Waals surface area contributed by atoms with Crippen LogP contribution in [-0.4, -0.2) is 22.6 Å². The molecule has 0 atom stereocenters. The zero-order chi connectivity index (χ0) is 15.6. The lowest BCUT2D eigenvalue weighted by molar-refractivity contribution is -0.144. The largest absolute Gasteiger partial charge is 0.480 e. The highest BCUT2D eigenvalue weighted by molar-refractivity contribution is 9.10. The maximum atomic E-state index is 12.2. The average molecular weight is 355 g/mol. The Morgan fingerprint density at radius 2 is 1.71 bits per heavy atom. The van der Waals surface area contributed by atoms with Crippen LogP contribution in [-0.2, 0) is 4.79 Å². The maximum absolute atomic E-state index is 12.2. The van der Waals surface area contributed by atoms with Gasteiger partial charge in [0.25, 0.3) is 0 Å². The fourth-order valence-electron chi connectivity index (χ4n) is 2.84. The number of aliphatic carboxylic acids is 1. The smallest absolute Gasteiger partial charge is 0.329 e. The number of nitrogens with one attached hydrogen (secondary N) is 2. The van der Waals surface area contributed by atoms with Gasteiger partial charge >= 0.3 is 12.0 Å². The van der Waals surface area contributed by atoms with Gasteiger partial charge < -0.3 is 15.7 Å². The third-order valence-corrected chi connectivity index (χ3v) is 4.41. The molecule has 0 heterocycles. The lowest BCUT2D eigenvalue weighted by Crippen LogP contribution is -2.53. The number of rotatable bonds is 3. The van der Waals surface area contributed by atoms with Gasteiger partial charge in [-0.05, 0) is 49.9 Å². The molecule has 0 spiro atoms. The minimum atomic E-state index is -1.12. The molecule has 0 aliphatic heterocycles. The first-order valence-corrected chi connectivity index (χ1v) is 7.73. The van der Waals surface area contributed by atoms with Crippen LogP contribution in [0.2, 0.25) is 0 Å². The molecule has 1 aromatic carbocycles. The van der Waals surface area contributed by atoms with Crippen molar-refractivity contribution in [3.05, 3.63) is 27.7 Å². The van der Waals surface area contributed by atoms with Gasteiger partial charge in [-0.3, -0.25) is 0 Å². The zero-order valence-electron chi connectivity index (χ0n) is 12.1. The summed E-state index contributed by atoms with van der Waals surface area (Å²) in [7, 11) is 0. The van der Waals surface area contributed by atoms with Crippen LogP contribution in [0, 0.1) is 13.8 Å². The van der Waals surface area contributed by atoms with Crippen molar-refractivity contribution in [1.29, 1.82) is 0 Å². The van der Waals surface area contributed by atoms with E-state index in [1.54, 1.807) is 0 Å². The van der Waals surface area contributed by atoms with E-state index in [2.05, 4.69) is 26.6 Å². The number of carbonyl (C=O) groups is 2. The van der Waals surface area contributed by atoms with E-state index in [0.717, 1.165) is 28.4 Å². The summed E-state index contributed by atoms with van der Waals surface area (Å²) in [6, 6.07) is 3.35. The number of hydrogen-bond donors (Lipinski definition) is 3. The van der Waals surface area contributed by atoms with E-state index in [1.807, 2.05) is 26.0 Å². The van der Waals surface area contributed by atoms with Crippen molar-refractivity contribution in [3.63, 3.8) is 0 Å². The lowest BCUT2D eigenvalue weighted by atomic mass is 9.98. The number of carboxylic acid groups (broad SMARTS) is 1. The van der Waals surface area contributed by atoms with E-state index in [-0.39, 0.29) is 0 Å². The van der Waals surface area contributed by atoms with E-state index in [4.69, 9.17) is 0 Å². The van der Waals surface area contributed by atoms with Crippen molar-refractivity contribution in [3.8, 4) is 0 Å². The summed E-state index contributed by atoms with van der Waals surface area (Å²) in [5, 5.41) is 14.8. The molecule has 3 N–H and O–H groups in total. The van der Waals surface area contributed by atoms with Crippen molar-refractivity contribution >= 4 is 33.6 Å². The molecule has 1 aliphatic rings. The summed E-state index contributed by atoms with van der Waals surface area (Å²) in [4.78, 5) is 23.6. The summed E-state index contributed by atoms with van der Waals surface area (Å²) >= 11 is 3.41. The Balaban J connectivity index is 2.14. The first kappa shape index (κ1) is 15.8. The highest BCUT2D eigenvalue weighted by Crippen LogP contribution is 2.30. The van der Waals surface area contributed by atoms with E-state index < -0.39 is 17.5 Å². The first-order chi connectivity index (χ1) is 9.84. The molecule has 1 saturated carbocycles. The van der Waals surface area contributed by atoms with E-state index in [1.165, 1.54) is 0 Å². The SMILES string of the molecule is Cc1cc(Br)cc(C)c1NC(=O)NC1(C(=O)O)CCCC1. The highest BCUT2D eigenvalue weighted by atomic mass is 79.9. The van der Waals surface area contributed by atoms with Crippen LogP contribution in [0.4, 0.5) is 10.5 Å². The zero-order valence-corrected chi connectivity index (χ0v) is 13.7. The van der Waals surface area contributed by atoms with Crippen molar-refractivity contribution in [2.24, 2.45) is 0 Å². The van der Waals surface area contributed by atoms with E-state index in [0.29, 0.717) is 18.5 Å². The van der Waals surface area contributed by atoms with Crippen LogP contribution in [0.5, 0.6) is 0 Å². The number of amides is 2. The number of carboxylic acids is 1. The summed E-state index contributed by atoms with van der Waals surface area (Å²) in [5.74, 6) is -0.959. The van der Waals surface area contributed by atoms with Crippen LogP contribution in [0.1, 0.15) is 36.8 Å². The van der Waals surface area contributed by atoms with Gasteiger partial charge in [0.05, 0.1) is 0 Å². The molecular formula is C15H19BrN2O3. The van der Waals surface area contributed by atoms with E-state index >= 15 is 0 Å². The molecular weight excluding hydrogens is 336 g/mol. The number of anilines is 1. The molecule has 114 valence electrons. The lowest BCUT2D eigenvalue weighted by Gasteiger charge is -2.26. The van der Waals surface area contributed by atoms with Crippen LogP contribution in [0.3, 0.4) is 0 Å². The molecule has 0 unspecified atom stereocenters. The normalized spacial score (nSPS) is 16.5. The molecule has 1 aliphatic carbocycles. The standard InChI is InChI=1S/C15H19BrN2O3/c1-9-7-11(16)8-10(2)12(9)17-14(21)18-15(13(19)20)5-3-4-6-15/h7-8H,3-6H2,1-2H3,(H,19,20)(H2,17,18,21). The quantitative estimate of drug-likeness (QED) is 0.775. The second-order valence-corrected chi connectivity index (χ2v) is 6.50. The Hall–Kier alpha value is -1.56. The van der Waals surface area contributed by atoms with Gasteiger partial charge in [0.15, 0.2) is 0 Å². The van der Waals surface area contributed by atoms with Gasteiger partial charge in [0, 0.05) is 10.2 Å².